The molecule has 6 rings (SSSR count). The zero-order valence-corrected chi connectivity index (χ0v) is 26.0. The highest BCUT2D eigenvalue weighted by Gasteiger charge is 2.62. The number of carbonyl (C=O) groups excluding carboxylic acids is 6. The number of ether oxygens (including phenoxy) is 2. The van der Waals surface area contributed by atoms with E-state index in [1.54, 1.807) is 77.9 Å². The number of rotatable bonds is 4. The van der Waals surface area contributed by atoms with E-state index in [2.05, 4.69) is 10.6 Å². The number of amides is 4. The Morgan fingerprint density at radius 1 is 0.523 bits per heavy atom. The first kappa shape index (κ1) is 30.0. The molecule has 2 saturated carbocycles. The van der Waals surface area contributed by atoms with Crippen molar-refractivity contribution in [2.24, 2.45) is 32.5 Å². The summed E-state index contributed by atoms with van der Waals surface area (Å²) in [7, 11) is 0. The van der Waals surface area contributed by atoms with Crippen molar-refractivity contribution in [3.8, 4) is 11.5 Å². The first-order valence-corrected chi connectivity index (χ1v) is 15.0. The fourth-order valence-electron chi connectivity index (χ4n) is 9.07. The van der Waals surface area contributed by atoms with Gasteiger partial charge in [0.05, 0.1) is 10.8 Å². The fraction of sp³-hybridized carbons (Fsp3) is 0.529. The summed E-state index contributed by atoms with van der Waals surface area (Å²) in [5.41, 5.74) is -5.57. The summed E-state index contributed by atoms with van der Waals surface area (Å²) in [5.74, 6) is -1.93. The summed E-state index contributed by atoms with van der Waals surface area (Å²) in [6.07, 6.45) is 1.78. The molecule has 2 saturated heterocycles. The van der Waals surface area contributed by atoms with E-state index in [0.717, 1.165) is 5.39 Å². The highest BCUT2D eigenvalue weighted by molar-refractivity contribution is 6.05. The average molecular weight is 603 g/mol. The maximum Gasteiger partial charge on any atom is 0.317 e. The Morgan fingerprint density at radius 2 is 0.841 bits per heavy atom. The molecule has 232 valence electrons. The molecular weight excluding hydrogens is 564 g/mol. The second kappa shape index (κ2) is 9.22. The molecule has 4 bridgehead atoms. The van der Waals surface area contributed by atoms with Crippen LogP contribution in [-0.4, -0.2) is 35.6 Å². The van der Waals surface area contributed by atoms with Gasteiger partial charge in [-0.05, 0) is 87.4 Å². The van der Waals surface area contributed by atoms with Crippen molar-refractivity contribution in [3.05, 3.63) is 36.4 Å². The number of piperidine rings is 2. The molecule has 10 nitrogen and oxygen atoms in total. The molecule has 6 atom stereocenters. The van der Waals surface area contributed by atoms with E-state index in [1.165, 1.54) is 0 Å². The Bertz CT molecular complexity index is 1520. The van der Waals surface area contributed by atoms with Gasteiger partial charge in [-0.15, -0.1) is 0 Å². The molecule has 2 aliphatic carbocycles. The van der Waals surface area contributed by atoms with Gasteiger partial charge in [-0.1, -0.05) is 39.8 Å². The van der Waals surface area contributed by atoms with Gasteiger partial charge in [0, 0.05) is 21.7 Å². The van der Waals surface area contributed by atoms with Crippen LogP contribution in [0.25, 0.3) is 10.8 Å². The third kappa shape index (κ3) is 4.61. The maximum absolute atomic E-state index is 13.6. The van der Waals surface area contributed by atoms with E-state index in [-0.39, 0.29) is 60.8 Å². The number of carbonyl (C=O) groups is 6. The van der Waals surface area contributed by atoms with E-state index < -0.39 is 44.4 Å². The van der Waals surface area contributed by atoms with Gasteiger partial charge < -0.3 is 9.47 Å². The van der Waals surface area contributed by atoms with E-state index in [1.807, 2.05) is 0 Å². The van der Waals surface area contributed by atoms with Crippen LogP contribution in [0.5, 0.6) is 11.5 Å². The van der Waals surface area contributed by atoms with Crippen LogP contribution >= 0.6 is 0 Å². The molecule has 44 heavy (non-hydrogen) atoms. The van der Waals surface area contributed by atoms with Gasteiger partial charge in [-0.3, -0.25) is 39.4 Å². The minimum Gasteiger partial charge on any atom is -0.426 e. The van der Waals surface area contributed by atoms with E-state index in [9.17, 15) is 28.8 Å². The summed E-state index contributed by atoms with van der Waals surface area (Å²) < 4.78 is 11.7. The van der Waals surface area contributed by atoms with Crippen molar-refractivity contribution in [2.45, 2.75) is 80.1 Å². The molecule has 2 aromatic rings. The molecule has 10 heteroatoms. The Labute approximate surface area is 255 Å². The molecular formula is C34H38N2O8. The molecule has 0 spiro atoms. The SMILES string of the molecule is CC1(C(=O)Oc2ccc3ccc(OC(=O)C4(C)C[C@@]5(C)C[C@@](C)(C4)C(=O)NC5=O)cc3c2)C[C@@]2(C)C[C@@](C)(C1)C(=O)NC2=O. The van der Waals surface area contributed by atoms with E-state index >= 15 is 0 Å². The first-order valence-electron chi connectivity index (χ1n) is 15.0. The number of fused-ring (bicyclic) bond motifs is 5. The third-order valence-corrected chi connectivity index (χ3v) is 10.5. The van der Waals surface area contributed by atoms with Gasteiger partial charge in [-0.2, -0.15) is 0 Å². The van der Waals surface area contributed by atoms with Gasteiger partial charge in [0.25, 0.3) is 0 Å². The van der Waals surface area contributed by atoms with Crippen LogP contribution in [0.1, 0.15) is 80.1 Å². The molecule has 4 aliphatic rings. The monoisotopic (exact) mass is 602 g/mol. The van der Waals surface area contributed by atoms with E-state index in [4.69, 9.17) is 9.47 Å². The summed E-state index contributed by atoms with van der Waals surface area (Å²) in [6.45, 7) is 10.6. The Kier molecular flexibility index (Phi) is 6.28. The van der Waals surface area contributed by atoms with Crippen LogP contribution in [0.15, 0.2) is 36.4 Å². The number of benzene rings is 2. The van der Waals surface area contributed by atoms with Gasteiger partial charge in [0.15, 0.2) is 0 Å². The molecule has 0 radical (unpaired) electrons. The van der Waals surface area contributed by atoms with E-state index in [0.29, 0.717) is 18.2 Å². The van der Waals surface area contributed by atoms with Crippen LogP contribution in [0.3, 0.4) is 0 Å². The number of hydrogen-bond donors (Lipinski definition) is 2. The van der Waals surface area contributed by atoms with Gasteiger partial charge >= 0.3 is 11.9 Å². The lowest BCUT2D eigenvalue weighted by Crippen LogP contribution is -2.63. The van der Waals surface area contributed by atoms with Crippen molar-refractivity contribution in [2.75, 3.05) is 0 Å². The average Bonchev–Trinajstić information content (AvgIpc) is 2.90. The van der Waals surface area contributed by atoms with Crippen LogP contribution in [0.4, 0.5) is 0 Å². The van der Waals surface area contributed by atoms with Crippen LogP contribution in [-0.2, 0) is 28.8 Å². The lowest BCUT2D eigenvalue weighted by molar-refractivity contribution is -0.171. The van der Waals surface area contributed by atoms with Crippen molar-refractivity contribution >= 4 is 46.3 Å². The fourth-order valence-corrected chi connectivity index (χ4v) is 9.07. The molecule has 2 heterocycles. The molecule has 0 aromatic heterocycles. The second-order valence-electron chi connectivity index (χ2n) is 15.4. The van der Waals surface area contributed by atoms with Crippen LogP contribution in [0, 0.1) is 32.5 Å². The minimum absolute atomic E-state index is 0.255. The smallest absolute Gasteiger partial charge is 0.317 e. The zero-order valence-electron chi connectivity index (χ0n) is 26.0. The normalized spacial score (nSPS) is 38.0. The zero-order chi connectivity index (χ0) is 32.1. The van der Waals surface area contributed by atoms with Crippen molar-refractivity contribution < 1.29 is 38.2 Å². The highest BCUT2D eigenvalue weighted by atomic mass is 16.5. The second-order valence-corrected chi connectivity index (χ2v) is 15.4. The number of hydrogen-bond acceptors (Lipinski definition) is 8. The lowest BCUT2D eigenvalue weighted by atomic mass is 9.52. The Morgan fingerprint density at radius 3 is 1.16 bits per heavy atom. The summed E-state index contributed by atoms with van der Waals surface area (Å²) >= 11 is 0. The molecule has 2 N–H and O–H groups in total. The lowest BCUT2D eigenvalue weighted by Gasteiger charge is -2.52. The predicted octanol–water partition coefficient (Wildman–Crippen LogP) is 4.37. The summed E-state index contributed by atoms with van der Waals surface area (Å²) in [4.78, 5) is 77.9. The third-order valence-electron chi connectivity index (χ3n) is 10.5. The topological polar surface area (TPSA) is 145 Å². The number of imide groups is 2. The summed E-state index contributed by atoms with van der Waals surface area (Å²) in [5, 5.41) is 6.43. The highest BCUT2D eigenvalue weighted by Crippen LogP contribution is 2.58. The molecule has 4 fully saturated rings. The standard InChI is InChI=1S/C34H38N2O8/c1-29-13-30(2,24(38)35-23(29)37)16-33(5,15-29)27(41)43-21-9-7-19-8-10-22(12-20(19)11-21)44-28(42)34(6)17-31(3)14-32(4,18-34)26(40)36-25(31)39/h7-12H,13-18H2,1-6H3,(H,35,37,38)(H,36,39,40)/t29-,30+,31-,32+,33?,34?. The largest absolute Gasteiger partial charge is 0.426 e. The van der Waals surface area contributed by atoms with Gasteiger partial charge in [0.2, 0.25) is 23.6 Å². The minimum atomic E-state index is -1.05. The molecule has 2 unspecified atom stereocenters. The number of nitrogens with one attached hydrogen (secondary N) is 2. The molecule has 2 aliphatic heterocycles. The molecule has 4 amide bonds. The molecule has 2 aromatic carbocycles. The van der Waals surface area contributed by atoms with Crippen molar-refractivity contribution in [1.29, 1.82) is 0 Å². The predicted molar refractivity (Wildman–Crippen MR) is 158 cm³/mol. The quantitative estimate of drug-likeness (QED) is 0.298. The van der Waals surface area contributed by atoms with Gasteiger partial charge in [-0.25, -0.2) is 0 Å². The van der Waals surface area contributed by atoms with Crippen molar-refractivity contribution in [1.82, 2.24) is 10.6 Å². The van der Waals surface area contributed by atoms with Crippen LogP contribution in [0.2, 0.25) is 0 Å². The Hall–Kier alpha value is -4.08. The first-order chi connectivity index (χ1) is 20.3. The van der Waals surface area contributed by atoms with Crippen LogP contribution < -0.4 is 20.1 Å². The number of esters is 2. The maximum atomic E-state index is 13.6. The van der Waals surface area contributed by atoms with Crippen molar-refractivity contribution in [3.63, 3.8) is 0 Å². The summed E-state index contributed by atoms with van der Waals surface area (Å²) in [6, 6.07) is 10.3. The Balaban J connectivity index is 1.21. The van der Waals surface area contributed by atoms with Gasteiger partial charge in [0.1, 0.15) is 11.5 Å².